The molecular weight excluding hydrogens is 459 g/mol. The van der Waals surface area contributed by atoms with E-state index in [1.165, 1.54) is 21.4 Å². The molecule has 0 radical (unpaired) electrons. The van der Waals surface area contributed by atoms with Crippen molar-refractivity contribution in [1.82, 2.24) is 18.3 Å². The van der Waals surface area contributed by atoms with Crippen LogP contribution in [0.1, 0.15) is 39.5 Å². The second kappa shape index (κ2) is 9.46. The van der Waals surface area contributed by atoms with Gasteiger partial charge >= 0.3 is 17.0 Å². The van der Waals surface area contributed by atoms with E-state index in [2.05, 4.69) is 5.10 Å². The Morgan fingerprint density at radius 3 is 2.38 bits per heavy atom. The van der Waals surface area contributed by atoms with Gasteiger partial charge in [-0.2, -0.15) is 8.30 Å². The molecule has 0 fully saturated rings. The van der Waals surface area contributed by atoms with Crippen LogP contribution in [0.2, 0.25) is 9.36 Å². The first kappa shape index (κ1) is 22.1. The number of rotatable bonds is 9. The van der Waals surface area contributed by atoms with E-state index in [0.29, 0.717) is 28.9 Å². The minimum atomic E-state index is -2.07. The normalized spacial score (nSPS) is 12.6. The highest BCUT2D eigenvalue weighted by molar-refractivity contribution is 7.79. The standard InChI is InChI=1S/C17H20Cl2N4O4S2/c1-3-5-7-21-15-11(16(24)22(17(21)25)8-6-4-2)10-23(20-15)29(26)27-13-9-12(18)14(19)28-13/h9-10H,3-8H2,1-2H3. The second-order valence-corrected chi connectivity index (χ2v) is 9.35. The van der Waals surface area contributed by atoms with Crippen LogP contribution in [0.5, 0.6) is 5.06 Å². The summed E-state index contributed by atoms with van der Waals surface area (Å²) in [4.78, 5) is 25.7. The summed E-state index contributed by atoms with van der Waals surface area (Å²) < 4.78 is 22.0. The molecule has 0 bridgehead atoms. The van der Waals surface area contributed by atoms with Gasteiger partial charge in [-0.3, -0.25) is 13.9 Å². The van der Waals surface area contributed by atoms with Crippen LogP contribution in [0.15, 0.2) is 21.9 Å². The molecule has 0 amide bonds. The van der Waals surface area contributed by atoms with Gasteiger partial charge in [0.05, 0.1) is 11.2 Å². The minimum Gasteiger partial charge on any atom is -0.372 e. The highest BCUT2D eigenvalue weighted by Crippen LogP contribution is 2.37. The second-order valence-electron chi connectivity index (χ2n) is 6.35. The van der Waals surface area contributed by atoms with Gasteiger partial charge in [0.15, 0.2) is 10.7 Å². The van der Waals surface area contributed by atoms with Gasteiger partial charge in [-0.15, -0.1) is 5.10 Å². The molecule has 0 spiro atoms. The van der Waals surface area contributed by atoms with Crippen LogP contribution in [0.25, 0.3) is 11.0 Å². The number of hydrogen-bond donors (Lipinski definition) is 0. The van der Waals surface area contributed by atoms with Gasteiger partial charge in [0, 0.05) is 19.2 Å². The number of thiophene rings is 1. The van der Waals surface area contributed by atoms with E-state index in [-0.39, 0.29) is 16.1 Å². The zero-order valence-electron chi connectivity index (χ0n) is 15.9. The SMILES string of the molecule is CCCCn1c(=O)c2cn(S(=O)Oc3cc(Cl)c(Cl)s3)nc2n(CCCC)c1=O. The molecule has 3 aromatic heterocycles. The third kappa shape index (κ3) is 4.60. The molecule has 3 heterocycles. The third-order valence-electron chi connectivity index (χ3n) is 4.27. The van der Waals surface area contributed by atoms with E-state index < -0.39 is 22.5 Å². The van der Waals surface area contributed by atoms with Crippen molar-refractivity contribution in [2.75, 3.05) is 0 Å². The van der Waals surface area contributed by atoms with Crippen molar-refractivity contribution in [3.8, 4) is 5.06 Å². The Kier molecular flexibility index (Phi) is 7.20. The highest BCUT2D eigenvalue weighted by Gasteiger charge is 2.19. The zero-order valence-corrected chi connectivity index (χ0v) is 19.0. The van der Waals surface area contributed by atoms with E-state index in [1.807, 2.05) is 13.8 Å². The van der Waals surface area contributed by atoms with Crippen LogP contribution in [-0.4, -0.2) is 22.5 Å². The molecule has 0 saturated carbocycles. The van der Waals surface area contributed by atoms with Crippen molar-refractivity contribution in [3.63, 3.8) is 0 Å². The molecule has 0 aliphatic carbocycles. The number of fused-ring (bicyclic) bond motifs is 1. The highest BCUT2D eigenvalue weighted by atomic mass is 35.5. The van der Waals surface area contributed by atoms with E-state index in [1.54, 1.807) is 0 Å². The van der Waals surface area contributed by atoms with Gasteiger partial charge in [0.2, 0.25) is 0 Å². The fourth-order valence-electron chi connectivity index (χ4n) is 2.75. The van der Waals surface area contributed by atoms with Crippen LogP contribution in [-0.2, 0) is 24.4 Å². The van der Waals surface area contributed by atoms with Gasteiger partial charge in [0.1, 0.15) is 9.72 Å². The summed E-state index contributed by atoms with van der Waals surface area (Å²) in [6, 6.07) is 1.45. The first-order valence-corrected chi connectivity index (χ1v) is 11.8. The maximum atomic E-state index is 12.9. The summed E-state index contributed by atoms with van der Waals surface area (Å²) in [6.07, 6.45) is 4.52. The van der Waals surface area contributed by atoms with Crippen molar-refractivity contribution >= 4 is 56.8 Å². The van der Waals surface area contributed by atoms with Gasteiger partial charge in [-0.1, -0.05) is 61.2 Å². The molecule has 1 atom stereocenters. The Labute approximate surface area is 183 Å². The lowest BCUT2D eigenvalue weighted by Crippen LogP contribution is -2.40. The fraction of sp³-hybridized carbons (Fsp3) is 0.471. The summed E-state index contributed by atoms with van der Waals surface area (Å²) >= 11 is 10.7. The average Bonchev–Trinajstić information content (AvgIpc) is 3.25. The Hall–Kier alpha value is -1.62. The summed E-state index contributed by atoms with van der Waals surface area (Å²) in [6.45, 7) is 4.74. The number of hydrogen-bond acceptors (Lipinski definition) is 6. The lowest BCUT2D eigenvalue weighted by atomic mass is 10.3. The molecular formula is C17H20Cl2N4O4S2. The minimum absolute atomic E-state index is 0.195. The number of aromatic nitrogens is 4. The van der Waals surface area contributed by atoms with Gasteiger partial charge < -0.3 is 4.18 Å². The van der Waals surface area contributed by atoms with E-state index >= 15 is 0 Å². The Morgan fingerprint density at radius 2 is 1.79 bits per heavy atom. The lowest BCUT2D eigenvalue weighted by molar-refractivity contribution is 0.529. The van der Waals surface area contributed by atoms with Crippen molar-refractivity contribution in [2.24, 2.45) is 0 Å². The smallest absolute Gasteiger partial charge is 0.340 e. The molecule has 3 aromatic rings. The van der Waals surface area contributed by atoms with Crippen LogP contribution >= 0.6 is 34.5 Å². The first-order chi connectivity index (χ1) is 13.9. The van der Waals surface area contributed by atoms with Crippen LogP contribution < -0.4 is 15.4 Å². The zero-order chi connectivity index (χ0) is 21.1. The summed E-state index contributed by atoms with van der Waals surface area (Å²) in [7, 11) is 0. The number of aryl methyl sites for hydroxylation is 1. The quantitative estimate of drug-likeness (QED) is 0.466. The molecule has 29 heavy (non-hydrogen) atoms. The molecule has 1 unspecified atom stereocenters. The van der Waals surface area contributed by atoms with Gasteiger partial charge in [-0.25, -0.2) is 4.79 Å². The average molecular weight is 479 g/mol. The topological polar surface area (TPSA) is 88.1 Å². The number of unbranched alkanes of at least 4 members (excludes halogenated alkanes) is 2. The molecule has 158 valence electrons. The van der Waals surface area contributed by atoms with Crippen molar-refractivity contribution in [1.29, 1.82) is 0 Å². The van der Waals surface area contributed by atoms with Gasteiger partial charge in [-0.05, 0) is 12.8 Å². The summed E-state index contributed by atoms with van der Waals surface area (Å²) in [5, 5.41) is 4.98. The molecule has 0 aromatic carbocycles. The molecule has 0 aliphatic heterocycles. The van der Waals surface area contributed by atoms with Crippen LogP contribution in [0.3, 0.4) is 0 Å². The predicted molar refractivity (Wildman–Crippen MR) is 117 cm³/mol. The predicted octanol–water partition coefficient (Wildman–Crippen LogP) is 3.83. The molecule has 8 nitrogen and oxygen atoms in total. The first-order valence-electron chi connectivity index (χ1n) is 9.15. The van der Waals surface area contributed by atoms with Crippen LogP contribution in [0.4, 0.5) is 0 Å². The Balaban J connectivity index is 2.06. The molecule has 0 N–H and O–H groups in total. The maximum Gasteiger partial charge on any atom is 0.340 e. The maximum absolute atomic E-state index is 12.9. The third-order valence-corrected chi connectivity index (χ3v) is 6.93. The van der Waals surface area contributed by atoms with Crippen molar-refractivity contribution < 1.29 is 8.39 Å². The fourth-order valence-corrected chi connectivity index (χ4v) is 4.73. The summed E-state index contributed by atoms with van der Waals surface area (Å²) in [5.41, 5.74) is -0.657. The number of halogens is 2. The monoisotopic (exact) mass is 478 g/mol. The van der Waals surface area contributed by atoms with Crippen molar-refractivity contribution in [3.05, 3.63) is 42.5 Å². The van der Waals surface area contributed by atoms with E-state index in [0.717, 1.165) is 34.7 Å². The van der Waals surface area contributed by atoms with E-state index in [9.17, 15) is 13.8 Å². The van der Waals surface area contributed by atoms with Crippen molar-refractivity contribution in [2.45, 2.75) is 52.6 Å². The molecule has 12 heteroatoms. The number of nitrogens with zero attached hydrogens (tertiary/aromatic N) is 4. The van der Waals surface area contributed by atoms with E-state index in [4.69, 9.17) is 27.4 Å². The molecule has 0 saturated heterocycles. The molecule has 0 aliphatic rings. The van der Waals surface area contributed by atoms with Crippen LogP contribution in [0, 0.1) is 0 Å². The Morgan fingerprint density at radius 1 is 1.14 bits per heavy atom. The molecule has 3 rings (SSSR count). The van der Waals surface area contributed by atoms with Gasteiger partial charge in [0.25, 0.3) is 5.56 Å². The summed E-state index contributed by atoms with van der Waals surface area (Å²) in [5.74, 6) is 0. The Bertz CT molecular complexity index is 1150. The largest absolute Gasteiger partial charge is 0.372 e. The lowest BCUT2D eigenvalue weighted by Gasteiger charge is -2.10.